The second-order valence-electron chi connectivity index (χ2n) is 5.61. The number of amides is 1. The Bertz CT molecular complexity index is 710. The molecule has 0 bridgehead atoms. The van der Waals surface area contributed by atoms with Gasteiger partial charge in [0.15, 0.2) is 11.2 Å². The third kappa shape index (κ3) is 4.41. The van der Waals surface area contributed by atoms with Gasteiger partial charge in [0.25, 0.3) is 5.91 Å². The quantitative estimate of drug-likeness (QED) is 0.860. The third-order valence-electron chi connectivity index (χ3n) is 3.62. The van der Waals surface area contributed by atoms with Crippen LogP contribution in [-0.4, -0.2) is 44.5 Å². The predicted octanol–water partition coefficient (Wildman–Crippen LogP) is 0.350. The number of nitrogens with one attached hydrogen (secondary N) is 1. The number of hydrogen-bond acceptors (Lipinski definition) is 5. The molecule has 0 aliphatic carbocycles. The second kappa shape index (κ2) is 6.62. The number of sulfonamides is 1. The zero-order chi connectivity index (χ0) is 16.3. The summed E-state index contributed by atoms with van der Waals surface area (Å²) in [5, 5.41) is 2.70. The molecule has 1 saturated heterocycles. The van der Waals surface area contributed by atoms with Gasteiger partial charge >= 0.3 is 0 Å². The largest absolute Gasteiger partial charge is 0.456 e. The zero-order valence-corrected chi connectivity index (χ0v) is 13.5. The lowest BCUT2D eigenvalue weighted by atomic mass is 10.00. The Morgan fingerprint density at radius 2 is 2.18 bits per heavy atom. The number of carbonyl (C=O) groups is 1. The van der Waals surface area contributed by atoms with E-state index in [0.717, 1.165) is 18.9 Å². The van der Waals surface area contributed by atoms with Crippen molar-refractivity contribution in [2.45, 2.75) is 19.8 Å². The molecule has 122 valence electrons. The second-order valence-corrected chi connectivity index (χ2v) is 7.59. The maximum atomic E-state index is 12.0. The van der Waals surface area contributed by atoms with Crippen LogP contribution in [0.5, 0.6) is 0 Å². The third-order valence-corrected chi connectivity index (χ3v) is 4.89. The lowest BCUT2D eigenvalue weighted by Gasteiger charge is -2.30. The van der Waals surface area contributed by atoms with E-state index in [9.17, 15) is 18.0 Å². The Morgan fingerprint density at radius 3 is 2.82 bits per heavy atom. The molecule has 1 unspecified atom stereocenters. The van der Waals surface area contributed by atoms with E-state index in [0.29, 0.717) is 25.4 Å². The van der Waals surface area contributed by atoms with E-state index in [1.54, 1.807) is 6.92 Å². The molecule has 7 nitrogen and oxygen atoms in total. The van der Waals surface area contributed by atoms with Gasteiger partial charge in [0.1, 0.15) is 5.76 Å². The molecule has 8 heteroatoms. The lowest BCUT2D eigenvalue weighted by molar-refractivity contribution is 0.0909. The fourth-order valence-corrected chi connectivity index (χ4v) is 3.48. The fraction of sp³-hybridized carbons (Fsp3) is 0.571. The average molecular weight is 328 g/mol. The van der Waals surface area contributed by atoms with Crippen LogP contribution < -0.4 is 10.7 Å². The van der Waals surface area contributed by atoms with E-state index in [1.807, 2.05) is 0 Å². The molecular weight excluding hydrogens is 308 g/mol. The molecule has 1 aliphatic heterocycles. The van der Waals surface area contributed by atoms with Crippen molar-refractivity contribution >= 4 is 15.9 Å². The molecular formula is C14H20N2O5S. The Labute approximate surface area is 129 Å². The molecule has 1 aliphatic rings. The molecule has 1 amide bonds. The van der Waals surface area contributed by atoms with E-state index in [1.165, 1.54) is 16.6 Å². The first-order chi connectivity index (χ1) is 10.3. The van der Waals surface area contributed by atoms with Crippen LogP contribution in [0.25, 0.3) is 0 Å². The van der Waals surface area contributed by atoms with E-state index in [2.05, 4.69) is 5.32 Å². The van der Waals surface area contributed by atoms with Crippen molar-refractivity contribution in [3.05, 3.63) is 33.9 Å². The van der Waals surface area contributed by atoms with Gasteiger partial charge in [-0.2, -0.15) is 0 Å². The topological polar surface area (TPSA) is 96.7 Å². The number of hydrogen-bond donors (Lipinski definition) is 1. The minimum Gasteiger partial charge on any atom is -0.456 e. The fourth-order valence-electron chi connectivity index (χ4n) is 2.53. The van der Waals surface area contributed by atoms with Crippen LogP contribution in [0, 0.1) is 12.8 Å². The van der Waals surface area contributed by atoms with Gasteiger partial charge in [0.05, 0.1) is 6.26 Å². The summed E-state index contributed by atoms with van der Waals surface area (Å²) in [5.74, 6) is -0.0550. The smallest absolute Gasteiger partial charge is 0.287 e. The monoisotopic (exact) mass is 328 g/mol. The molecule has 2 heterocycles. The highest BCUT2D eigenvalue weighted by Crippen LogP contribution is 2.18. The summed E-state index contributed by atoms with van der Waals surface area (Å²) >= 11 is 0. The van der Waals surface area contributed by atoms with Crippen molar-refractivity contribution in [3.63, 3.8) is 0 Å². The maximum absolute atomic E-state index is 12.0. The van der Waals surface area contributed by atoms with Gasteiger partial charge in [-0.3, -0.25) is 9.59 Å². The van der Waals surface area contributed by atoms with Crippen LogP contribution in [-0.2, 0) is 10.0 Å². The van der Waals surface area contributed by atoms with E-state index in [-0.39, 0.29) is 17.1 Å². The number of carbonyl (C=O) groups excluding carboxylic acids is 1. The highest BCUT2D eigenvalue weighted by atomic mass is 32.2. The average Bonchev–Trinajstić information content (AvgIpc) is 2.43. The molecule has 1 aromatic rings. The van der Waals surface area contributed by atoms with Crippen LogP contribution in [0.15, 0.2) is 21.3 Å². The van der Waals surface area contributed by atoms with Gasteiger partial charge < -0.3 is 9.73 Å². The molecule has 22 heavy (non-hydrogen) atoms. The van der Waals surface area contributed by atoms with Gasteiger partial charge in [0, 0.05) is 31.8 Å². The first kappa shape index (κ1) is 16.7. The lowest BCUT2D eigenvalue weighted by Crippen LogP contribution is -2.43. The molecule has 0 saturated carbocycles. The summed E-state index contributed by atoms with van der Waals surface area (Å²) in [5.41, 5.74) is -0.283. The van der Waals surface area contributed by atoms with Crippen LogP contribution in [0.4, 0.5) is 0 Å². The first-order valence-electron chi connectivity index (χ1n) is 7.11. The summed E-state index contributed by atoms with van der Waals surface area (Å²) < 4.78 is 29.8. The van der Waals surface area contributed by atoms with Crippen molar-refractivity contribution in [1.82, 2.24) is 9.62 Å². The molecule has 2 rings (SSSR count). The number of rotatable bonds is 4. The highest BCUT2D eigenvalue weighted by Gasteiger charge is 2.26. The molecule has 1 aromatic heterocycles. The highest BCUT2D eigenvalue weighted by molar-refractivity contribution is 7.88. The van der Waals surface area contributed by atoms with E-state index >= 15 is 0 Å². The minimum atomic E-state index is -3.20. The predicted molar refractivity (Wildman–Crippen MR) is 81.2 cm³/mol. The molecule has 1 fully saturated rings. The van der Waals surface area contributed by atoms with Crippen molar-refractivity contribution < 1.29 is 17.6 Å². The van der Waals surface area contributed by atoms with Crippen molar-refractivity contribution in [2.24, 2.45) is 5.92 Å². The summed E-state index contributed by atoms with van der Waals surface area (Å²) in [6.07, 6.45) is 2.81. The van der Waals surface area contributed by atoms with Crippen molar-refractivity contribution in [1.29, 1.82) is 0 Å². The van der Waals surface area contributed by atoms with Crippen LogP contribution in [0.3, 0.4) is 0 Å². The van der Waals surface area contributed by atoms with E-state index in [4.69, 9.17) is 4.42 Å². The van der Waals surface area contributed by atoms with Crippen LogP contribution >= 0.6 is 0 Å². The SMILES string of the molecule is Cc1cc(=O)cc(C(=O)NCC2CCCN(S(C)(=O)=O)C2)o1. The minimum absolute atomic E-state index is 0.0271. The molecule has 0 spiro atoms. The summed E-state index contributed by atoms with van der Waals surface area (Å²) in [4.78, 5) is 23.4. The molecule has 0 radical (unpaired) electrons. The number of aryl methyl sites for hydroxylation is 1. The Hall–Kier alpha value is -1.67. The summed E-state index contributed by atoms with van der Waals surface area (Å²) in [6.45, 7) is 2.87. The van der Waals surface area contributed by atoms with Gasteiger partial charge in [-0.15, -0.1) is 0 Å². The van der Waals surface area contributed by atoms with Gasteiger partial charge in [-0.1, -0.05) is 0 Å². The zero-order valence-electron chi connectivity index (χ0n) is 12.7. The number of nitrogens with zero attached hydrogens (tertiary/aromatic N) is 1. The Kier molecular flexibility index (Phi) is 5.02. The van der Waals surface area contributed by atoms with Gasteiger partial charge in [-0.25, -0.2) is 12.7 Å². The van der Waals surface area contributed by atoms with Gasteiger partial charge in [-0.05, 0) is 25.7 Å². The first-order valence-corrected chi connectivity index (χ1v) is 8.95. The Balaban J connectivity index is 1.95. The molecule has 0 aromatic carbocycles. The molecule has 1 atom stereocenters. The normalized spacial score (nSPS) is 19.8. The van der Waals surface area contributed by atoms with Crippen molar-refractivity contribution in [3.8, 4) is 0 Å². The van der Waals surface area contributed by atoms with Crippen molar-refractivity contribution in [2.75, 3.05) is 25.9 Å². The standard InChI is InChI=1S/C14H20N2O5S/c1-10-6-12(17)7-13(21-10)14(18)15-8-11-4-3-5-16(9-11)22(2,19)20/h6-7,11H,3-5,8-9H2,1-2H3,(H,15,18). The van der Waals surface area contributed by atoms with Crippen LogP contribution in [0.2, 0.25) is 0 Å². The maximum Gasteiger partial charge on any atom is 0.287 e. The summed E-state index contributed by atoms with van der Waals surface area (Å²) in [7, 11) is -3.20. The van der Waals surface area contributed by atoms with E-state index < -0.39 is 15.9 Å². The summed E-state index contributed by atoms with van der Waals surface area (Å²) in [6, 6.07) is 2.45. The number of piperidine rings is 1. The van der Waals surface area contributed by atoms with Gasteiger partial charge in [0.2, 0.25) is 10.0 Å². The van der Waals surface area contributed by atoms with Crippen LogP contribution in [0.1, 0.15) is 29.2 Å². The Morgan fingerprint density at radius 1 is 1.45 bits per heavy atom. The molecule has 1 N–H and O–H groups in total.